The Morgan fingerprint density at radius 3 is 1.56 bits per heavy atom. The zero-order chi connectivity index (χ0) is 22.8. The number of nitrogens with zero attached hydrogens (tertiary/aromatic N) is 2. The molecule has 5 nitrogen and oxygen atoms in total. The Hall–Kier alpha value is -2.95. The van der Waals surface area contributed by atoms with Gasteiger partial charge in [0, 0.05) is 48.4 Å². The third-order valence-electron chi connectivity index (χ3n) is 6.37. The smallest absolute Gasteiger partial charge is 0.194 e. The van der Waals surface area contributed by atoms with Crippen LogP contribution in [0, 0.1) is 10.8 Å². The Morgan fingerprint density at radius 2 is 1.12 bits per heavy atom. The van der Waals surface area contributed by atoms with Gasteiger partial charge in [0.15, 0.2) is 5.78 Å². The lowest BCUT2D eigenvalue weighted by Gasteiger charge is -2.18. The van der Waals surface area contributed by atoms with Gasteiger partial charge in [-0.05, 0) is 23.7 Å². The van der Waals surface area contributed by atoms with Crippen molar-refractivity contribution in [1.82, 2.24) is 10.6 Å². The van der Waals surface area contributed by atoms with Gasteiger partial charge in [0.1, 0.15) is 11.7 Å². The molecular weight excluding hydrogens is 396 g/mol. The number of aliphatic imine (C=N–C) groups is 2. The fourth-order valence-corrected chi connectivity index (χ4v) is 4.18. The first kappa shape index (κ1) is 22.3. The first-order valence-corrected chi connectivity index (χ1v) is 11.6. The van der Waals surface area contributed by atoms with Gasteiger partial charge >= 0.3 is 0 Å². The van der Waals surface area contributed by atoms with E-state index in [0.717, 1.165) is 61.8 Å². The highest BCUT2D eigenvalue weighted by Gasteiger charge is 2.26. The van der Waals surface area contributed by atoms with Crippen LogP contribution in [0.2, 0.25) is 0 Å². The molecule has 2 aliphatic rings. The molecule has 0 spiro atoms. The third kappa shape index (κ3) is 4.93. The first-order chi connectivity index (χ1) is 15.3. The highest BCUT2D eigenvalue weighted by molar-refractivity contribution is 6.20. The minimum absolute atomic E-state index is 0.00258. The second kappa shape index (κ2) is 8.89. The van der Waals surface area contributed by atoms with Crippen molar-refractivity contribution >= 4 is 17.5 Å². The summed E-state index contributed by atoms with van der Waals surface area (Å²) in [5.74, 6) is 1.62. The lowest BCUT2D eigenvalue weighted by molar-refractivity contribution is 0.103. The summed E-state index contributed by atoms with van der Waals surface area (Å²) < 4.78 is 0. The molecule has 2 aromatic carbocycles. The van der Waals surface area contributed by atoms with Crippen LogP contribution >= 0.6 is 0 Å². The van der Waals surface area contributed by atoms with Crippen molar-refractivity contribution in [3.63, 3.8) is 0 Å². The second-order valence-corrected chi connectivity index (χ2v) is 10.4. The van der Waals surface area contributed by atoms with Gasteiger partial charge < -0.3 is 10.6 Å². The van der Waals surface area contributed by atoms with Gasteiger partial charge in [0.2, 0.25) is 0 Å². The second-order valence-electron chi connectivity index (χ2n) is 10.4. The molecule has 2 aliphatic heterocycles. The maximum absolute atomic E-state index is 13.8. The number of amidine groups is 2. The minimum atomic E-state index is -0.00258. The Morgan fingerprint density at radius 1 is 0.719 bits per heavy atom. The zero-order valence-corrected chi connectivity index (χ0v) is 19.7. The predicted octanol–water partition coefficient (Wildman–Crippen LogP) is 4.45. The fourth-order valence-electron chi connectivity index (χ4n) is 4.18. The van der Waals surface area contributed by atoms with E-state index in [-0.39, 0.29) is 16.6 Å². The molecule has 5 heteroatoms. The van der Waals surface area contributed by atoms with Crippen LogP contribution in [-0.4, -0.2) is 43.6 Å². The van der Waals surface area contributed by atoms with E-state index in [9.17, 15) is 4.79 Å². The van der Waals surface area contributed by atoms with E-state index < -0.39 is 0 Å². The van der Waals surface area contributed by atoms with Gasteiger partial charge in [-0.2, -0.15) is 0 Å². The van der Waals surface area contributed by atoms with Gasteiger partial charge in [-0.15, -0.1) is 0 Å². The summed E-state index contributed by atoms with van der Waals surface area (Å²) in [7, 11) is 0. The topological polar surface area (TPSA) is 65.8 Å². The summed E-state index contributed by atoms with van der Waals surface area (Å²) >= 11 is 0. The highest BCUT2D eigenvalue weighted by atomic mass is 16.1. The summed E-state index contributed by atoms with van der Waals surface area (Å²) in [5, 5.41) is 6.91. The van der Waals surface area contributed by atoms with Crippen molar-refractivity contribution in [2.24, 2.45) is 20.8 Å². The quantitative estimate of drug-likeness (QED) is 0.705. The molecule has 2 heterocycles. The third-order valence-corrected chi connectivity index (χ3v) is 6.37. The minimum Gasteiger partial charge on any atom is -0.370 e. The lowest BCUT2D eigenvalue weighted by atomic mass is 9.90. The number of carbonyl (C=O) groups is 1. The molecule has 32 heavy (non-hydrogen) atoms. The fraction of sp³-hybridized carbons (Fsp3) is 0.444. The van der Waals surface area contributed by atoms with Crippen molar-refractivity contribution in [3.05, 3.63) is 70.8 Å². The zero-order valence-electron chi connectivity index (χ0n) is 19.7. The van der Waals surface area contributed by atoms with Gasteiger partial charge in [-0.3, -0.25) is 14.8 Å². The number of rotatable bonds is 4. The van der Waals surface area contributed by atoms with Crippen molar-refractivity contribution in [2.75, 3.05) is 26.2 Å². The molecule has 2 aromatic rings. The molecule has 168 valence electrons. The van der Waals surface area contributed by atoms with Crippen LogP contribution in [0.1, 0.15) is 67.6 Å². The Balaban J connectivity index is 1.72. The van der Waals surface area contributed by atoms with Crippen LogP contribution in [0.3, 0.4) is 0 Å². The standard InChI is InChI=1S/C27H34N4O/c1-26(2)13-15-28-24(30-17-26)21-11-7-5-9-19(21)23(32)20-10-6-8-12-22(20)25-29-16-14-27(3,4)18-31-25/h5-12H,13-18H2,1-4H3,(H,28,30)(H,29,31). The molecule has 0 atom stereocenters. The van der Waals surface area contributed by atoms with E-state index in [4.69, 9.17) is 9.98 Å². The van der Waals surface area contributed by atoms with Gasteiger partial charge in [-0.25, -0.2) is 0 Å². The molecule has 4 rings (SSSR count). The molecular formula is C27H34N4O. The summed E-state index contributed by atoms with van der Waals surface area (Å²) in [6.45, 7) is 12.1. The number of carbonyl (C=O) groups excluding carboxylic acids is 1. The maximum atomic E-state index is 13.8. The maximum Gasteiger partial charge on any atom is 0.194 e. The average Bonchev–Trinajstić information content (AvgIpc) is 3.07. The van der Waals surface area contributed by atoms with Gasteiger partial charge in [-0.1, -0.05) is 76.2 Å². The molecule has 2 N–H and O–H groups in total. The summed E-state index contributed by atoms with van der Waals surface area (Å²) in [6.07, 6.45) is 2.08. The van der Waals surface area contributed by atoms with E-state index in [2.05, 4.69) is 38.3 Å². The van der Waals surface area contributed by atoms with E-state index >= 15 is 0 Å². The molecule has 0 fully saturated rings. The molecule has 0 unspecified atom stereocenters. The highest BCUT2D eigenvalue weighted by Crippen LogP contribution is 2.26. The average molecular weight is 431 g/mol. The molecule has 0 saturated heterocycles. The molecule has 0 bridgehead atoms. The Kier molecular flexibility index (Phi) is 6.18. The lowest BCUT2D eigenvalue weighted by Crippen LogP contribution is -2.28. The monoisotopic (exact) mass is 430 g/mol. The van der Waals surface area contributed by atoms with E-state index in [0.29, 0.717) is 11.1 Å². The van der Waals surface area contributed by atoms with Crippen molar-refractivity contribution in [2.45, 2.75) is 40.5 Å². The molecule has 0 aromatic heterocycles. The SMILES string of the molecule is CC1(C)CCNC(c2ccccc2C(=O)c2ccccc2C2=NCC(C)(C)CCN2)=NC1. The Labute approximate surface area is 191 Å². The Bertz CT molecular complexity index is 981. The van der Waals surface area contributed by atoms with Crippen LogP contribution in [-0.2, 0) is 0 Å². The van der Waals surface area contributed by atoms with Crippen LogP contribution in [0.5, 0.6) is 0 Å². The van der Waals surface area contributed by atoms with Crippen LogP contribution in [0.15, 0.2) is 58.5 Å². The van der Waals surface area contributed by atoms with E-state index in [1.54, 1.807) is 0 Å². The van der Waals surface area contributed by atoms with Crippen molar-refractivity contribution < 1.29 is 4.79 Å². The number of hydrogen-bond acceptors (Lipinski definition) is 5. The van der Waals surface area contributed by atoms with Crippen molar-refractivity contribution in [1.29, 1.82) is 0 Å². The van der Waals surface area contributed by atoms with E-state index in [1.165, 1.54) is 0 Å². The van der Waals surface area contributed by atoms with Crippen LogP contribution in [0.25, 0.3) is 0 Å². The molecule has 0 amide bonds. The van der Waals surface area contributed by atoms with E-state index in [1.807, 2.05) is 48.5 Å². The summed E-state index contributed by atoms with van der Waals surface area (Å²) in [5.41, 5.74) is 3.36. The summed E-state index contributed by atoms with van der Waals surface area (Å²) in [6, 6.07) is 15.6. The van der Waals surface area contributed by atoms with Crippen molar-refractivity contribution in [3.8, 4) is 0 Å². The molecule has 0 aliphatic carbocycles. The molecule has 0 saturated carbocycles. The molecule has 0 radical (unpaired) electrons. The van der Waals surface area contributed by atoms with Gasteiger partial charge in [0.05, 0.1) is 0 Å². The number of benzene rings is 2. The number of nitrogens with one attached hydrogen (secondary N) is 2. The number of hydrogen-bond donors (Lipinski definition) is 2. The normalized spacial score (nSPS) is 20.0. The number of ketones is 1. The first-order valence-electron chi connectivity index (χ1n) is 11.6. The predicted molar refractivity (Wildman–Crippen MR) is 132 cm³/mol. The largest absolute Gasteiger partial charge is 0.370 e. The van der Waals surface area contributed by atoms with Gasteiger partial charge in [0.25, 0.3) is 0 Å². The summed E-state index contributed by atoms with van der Waals surface area (Å²) in [4.78, 5) is 23.5. The van der Waals surface area contributed by atoms with Crippen LogP contribution in [0.4, 0.5) is 0 Å². The van der Waals surface area contributed by atoms with Crippen LogP contribution < -0.4 is 10.6 Å².